The Labute approximate surface area is 140 Å². The highest BCUT2D eigenvalue weighted by molar-refractivity contribution is 5.95. The minimum absolute atomic E-state index is 0.0956. The van der Waals surface area contributed by atoms with Crippen molar-refractivity contribution in [2.75, 3.05) is 6.61 Å². The Kier molecular flexibility index (Phi) is 5.89. The molecule has 1 aromatic rings. The van der Waals surface area contributed by atoms with Crippen molar-refractivity contribution in [3.63, 3.8) is 0 Å². The molecule has 0 aromatic heterocycles. The number of hydrogen-bond donors (Lipinski definition) is 1. The summed E-state index contributed by atoms with van der Waals surface area (Å²) in [5, 5.41) is 14.0. The molecule has 2 rings (SSSR count). The Hall–Kier alpha value is -2.44. The minimum atomic E-state index is -0.864. The van der Waals surface area contributed by atoms with E-state index in [1.165, 1.54) is 12.5 Å². The van der Waals surface area contributed by atoms with Crippen LogP contribution in [0.1, 0.15) is 48.5 Å². The monoisotopic (exact) mass is 334 g/mol. The average molecular weight is 334 g/mol. The molecule has 0 heterocycles. The zero-order valence-electron chi connectivity index (χ0n) is 13.9. The van der Waals surface area contributed by atoms with E-state index in [0.717, 1.165) is 19.3 Å². The largest absolute Gasteiger partial charge is 0.452 e. The van der Waals surface area contributed by atoms with Crippen LogP contribution in [0.4, 0.5) is 5.69 Å². The van der Waals surface area contributed by atoms with E-state index in [-0.39, 0.29) is 23.2 Å². The van der Waals surface area contributed by atoms with Crippen LogP contribution in [0.3, 0.4) is 0 Å². The Morgan fingerprint density at radius 2 is 2.04 bits per heavy atom. The summed E-state index contributed by atoms with van der Waals surface area (Å²) in [6.45, 7) is 3.20. The van der Waals surface area contributed by atoms with Gasteiger partial charge in [0.2, 0.25) is 0 Å². The van der Waals surface area contributed by atoms with Crippen LogP contribution in [0.15, 0.2) is 18.2 Å². The van der Waals surface area contributed by atoms with Gasteiger partial charge in [-0.05, 0) is 31.7 Å². The molecule has 1 aliphatic rings. The molecule has 0 bridgehead atoms. The van der Waals surface area contributed by atoms with Crippen LogP contribution in [0, 0.1) is 23.0 Å². The molecule has 1 fully saturated rings. The molecule has 7 nitrogen and oxygen atoms in total. The molecule has 1 aromatic carbocycles. The molecule has 1 aliphatic carbocycles. The molecule has 1 saturated carbocycles. The molecule has 0 radical (unpaired) electrons. The van der Waals surface area contributed by atoms with Crippen LogP contribution in [0.5, 0.6) is 0 Å². The molecule has 1 amide bonds. The smallest absolute Gasteiger partial charge is 0.345 e. The molecule has 0 saturated heterocycles. The summed E-state index contributed by atoms with van der Waals surface area (Å²) >= 11 is 0. The van der Waals surface area contributed by atoms with Gasteiger partial charge in [0.05, 0.1) is 4.92 Å². The van der Waals surface area contributed by atoms with Crippen molar-refractivity contribution in [1.29, 1.82) is 0 Å². The Balaban J connectivity index is 1.95. The predicted molar refractivity (Wildman–Crippen MR) is 87.7 cm³/mol. The van der Waals surface area contributed by atoms with Crippen LogP contribution in [0.25, 0.3) is 0 Å². The van der Waals surface area contributed by atoms with E-state index < -0.39 is 17.5 Å². The van der Waals surface area contributed by atoms with Crippen LogP contribution in [0.2, 0.25) is 0 Å². The summed E-state index contributed by atoms with van der Waals surface area (Å²) in [4.78, 5) is 34.5. The van der Waals surface area contributed by atoms with Crippen LogP contribution < -0.4 is 5.32 Å². The summed E-state index contributed by atoms with van der Waals surface area (Å²) in [7, 11) is 0. The minimum Gasteiger partial charge on any atom is -0.452 e. The van der Waals surface area contributed by atoms with E-state index >= 15 is 0 Å². The molecule has 0 aliphatic heterocycles. The first kappa shape index (κ1) is 17.9. The zero-order chi connectivity index (χ0) is 17.7. The molecule has 2 atom stereocenters. The molecule has 130 valence electrons. The number of para-hydroxylation sites is 1. The molecule has 24 heavy (non-hydrogen) atoms. The van der Waals surface area contributed by atoms with Gasteiger partial charge in [0.25, 0.3) is 11.6 Å². The van der Waals surface area contributed by atoms with E-state index in [9.17, 15) is 19.7 Å². The number of esters is 1. The van der Waals surface area contributed by atoms with Gasteiger partial charge in [-0.25, -0.2) is 4.79 Å². The van der Waals surface area contributed by atoms with Crippen molar-refractivity contribution < 1.29 is 19.2 Å². The summed E-state index contributed by atoms with van der Waals surface area (Å²) in [6.07, 6.45) is 4.23. The van der Waals surface area contributed by atoms with Crippen molar-refractivity contribution in [3.05, 3.63) is 39.4 Å². The molecule has 0 spiro atoms. The molecular formula is C17H22N2O5. The van der Waals surface area contributed by atoms with Gasteiger partial charge in [0, 0.05) is 11.6 Å². The topological polar surface area (TPSA) is 98.5 Å². The van der Waals surface area contributed by atoms with E-state index in [4.69, 9.17) is 4.74 Å². The van der Waals surface area contributed by atoms with Crippen LogP contribution >= 0.6 is 0 Å². The molecular weight excluding hydrogens is 312 g/mol. The maximum atomic E-state index is 12.1. The standard InChI is InChI=1S/C17H22N2O5/c1-11-6-3-4-9-14(11)18-15(20)10-24-17(21)13-8-5-7-12(2)16(13)19(22)23/h5,7-8,11,14H,3-4,6,9-10H2,1-2H3,(H,18,20)/t11-,14+/m0/s1. The first-order valence-corrected chi connectivity index (χ1v) is 8.10. The van der Waals surface area contributed by atoms with Gasteiger partial charge >= 0.3 is 5.97 Å². The number of nitrogens with one attached hydrogen (secondary N) is 1. The van der Waals surface area contributed by atoms with E-state index in [2.05, 4.69) is 12.2 Å². The van der Waals surface area contributed by atoms with Crippen molar-refractivity contribution in [2.24, 2.45) is 5.92 Å². The second-order valence-electron chi connectivity index (χ2n) is 6.24. The first-order valence-electron chi connectivity index (χ1n) is 8.10. The number of benzene rings is 1. The number of nitro benzene ring substituents is 1. The lowest BCUT2D eigenvalue weighted by Crippen LogP contribution is -2.42. The number of hydrogen-bond acceptors (Lipinski definition) is 5. The number of aryl methyl sites for hydroxylation is 1. The van der Waals surface area contributed by atoms with Crippen LogP contribution in [-0.4, -0.2) is 29.4 Å². The van der Waals surface area contributed by atoms with Gasteiger partial charge in [-0.1, -0.05) is 31.9 Å². The number of carbonyl (C=O) groups excluding carboxylic acids is 2. The van der Waals surface area contributed by atoms with E-state index in [0.29, 0.717) is 11.5 Å². The lowest BCUT2D eigenvalue weighted by molar-refractivity contribution is -0.385. The van der Waals surface area contributed by atoms with Gasteiger partial charge in [-0.2, -0.15) is 0 Å². The third-order valence-electron chi connectivity index (χ3n) is 4.43. The summed E-state index contributed by atoms with van der Waals surface area (Å²) in [5.41, 5.74) is -0.0578. The summed E-state index contributed by atoms with van der Waals surface area (Å²) in [5.74, 6) is -0.842. The third kappa shape index (κ3) is 4.31. The number of nitrogens with zero attached hydrogens (tertiary/aromatic N) is 1. The molecule has 0 unspecified atom stereocenters. The maximum absolute atomic E-state index is 12.1. The zero-order valence-corrected chi connectivity index (χ0v) is 13.9. The van der Waals surface area contributed by atoms with Gasteiger partial charge in [0.15, 0.2) is 6.61 Å². The van der Waals surface area contributed by atoms with Gasteiger partial charge in [-0.15, -0.1) is 0 Å². The first-order chi connectivity index (χ1) is 11.4. The average Bonchev–Trinajstić information content (AvgIpc) is 2.54. The predicted octanol–water partition coefficient (Wildman–Crippen LogP) is 2.75. The number of carbonyl (C=O) groups is 2. The maximum Gasteiger partial charge on any atom is 0.345 e. The summed E-state index contributed by atoms with van der Waals surface area (Å²) < 4.78 is 4.96. The second kappa shape index (κ2) is 7.90. The van der Waals surface area contributed by atoms with Gasteiger partial charge in [-0.3, -0.25) is 14.9 Å². The molecule has 1 N–H and O–H groups in total. The number of rotatable bonds is 5. The fourth-order valence-corrected chi connectivity index (χ4v) is 3.05. The lowest BCUT2D eigenvalue weighted by Gasteiger charge is -2.29. The number of amides is 1. The molecule has 7 heteroatoms. The fourth-order valence-electron chi connectivity index (χ4n) is 3.05. The van der Waals surface area contributed by atoms with E-state index in [1.54, 1.807) is 19.1 Å². The van der Waals surface area contributed by atoms with Gasteiger partial charge in [0.1, 0.15) is 5.56 Å². The summed E-state index contributed by atoms with van der Waals surface area (Å²) in [6, 6.07) is 4.52. The van der Waals surface area contributed by atoms with Crippen molar-refractivity contribution in [1.82, 2.24) is 5.32 Å². The number of ether oxygens (including phenoxy) is 1. The van der Waals surface area contributed by atoms with E-state index in [1.807, 2.05) is 0 Å². The SMILES string of the molecule is Cc1cccc(C(=O)OCC(=O)N[C@@H]2CCCC[C@@H]2C)c1[N+](=O)[O-]. The Bertz CT molecular complexity index is 644. The lowest BCUT2D eigenvalue weighted by atomic mass is 9.86. The highest BCUT2D eigenvalue weighted by atomic mass is 16.6. The Morgan fingerprint density at radius 3 is 2.71 bits per heavy atom. The van der Waals surface area contributed by atoms with Crippen molar-refractivity contribution in [3.8, 4) is 0 Å². The van der Waals surface area contributed by atoms with Crippen LogP contribution in [-0.2, 0) is 9.53 Å². The highest BCUT2D eigenvalue weighted by Crippen LogP contribution is 2.24. The van der Waals surface area contributed by atoms with Crippen molar-refractivity contribution in [2.45, 2.75) is 45.6 Å². The Morgan fingerprint density at radius 1 is 1.33 bits per heavy atom. The van der Waals surface area contributed by atoms with Gasteiger partial charge < -0.3 is 10.1 Å². The highest BCUT2D eigenvalue weighted by Gasteiger charge is 2.26. The number of nitro groups is 1. The quantitative estimate of drug-likeness (QED) is 0.507. The normalized spacial score (nSPS) is 20.2. The third-order valence-corrected chi connectivity index (χ3v) is 4.43. The second-order valence-corrected chi connectivity index (χ2v) is 6.24. The fraction of sp³-hybridized carbons (Fsp3) is 0.529. The van der Waals surface area contributed by atoms with Crippen molar-refractivity contribution >= 4 is 17.6 Å².